The predicted molar refractivity (Wildman–Crippen MR) is 101 cm³/mol. The molecule has 4 rings (SSSR count). The van der Waals surface area contributed by atoms with Crippen LogP contribution in [0.25, 0.3) is 10.9 Å². The van der Waals surface area contributed by atoms with Gasteiger partial charge in [0.2, 0.25) is 0 Å². The van der Waals surface area contributed by atoms with E-state index in [2.05, 4.69) is 9.97 Å². The van der Waals surface area contributed by atoms with Crippen LogP contribution in [0.4, 0.5) is 0 Å². The van der Waals surface area contributed by atoms with Crippen LogP contribution in [0, 0.1) is 0 Å². The molecule has 1 aromatic carbocycles. The summed E-state index contributed by atoms with van der Waals surface area (Å²) in [5, 5.41) is 11.4. The second-order valence-corrected chi connectivity index (χ2v) is 6.62. The number of nitrogens with one attached hydrogen (secondary N) is 1. The number of ketones is 1. The van der Waals surface area contributed by atoms with Gasteiger partial charge in [-0.2, -0.15) is 0 Å². The molecular weight excluding hydrogens is 342 g/mol. The third kappa shape index (κ3) is 2.89. The van der Waals surface area contributed by atoms with Crippen LogP contribution in [0.15, 0.2) is 66.3 Å². The molecule has 1 amide bonds. The lowest BCUT2D eigenvalue weighted by Crippen LogP contribution is -2.33. The average Bonchev–Trinajstić information content (AvgIpc) is 3.20. The number of H-pyrrole nitrogens is 1. The number of aromatic amines is 1. The number of aliphatic hydroxyl groups is 1. The largest absolute Gasteiger partial charge is 0.503 e. The number of nitrogens with zero attached hydrogens (tertiary/aromatic N) is 2. The van der Waals surface area contributed by atoms with Gasteiger partial charge in [0.25, 0.3) is 5.91 Å². The summed E-state index contributed by atoms with van der Waals surface area (Å²) in [5.74, 6) is -1.30. The first-order valence-electron chi connectivity index (χ1n) is 8.78. The number of para-hydroxylation sites is 1. The van der Waals surface area contributed by atoms with Crippen molar-refractivity contribution in [2.24, 2.45) is 0 Å². The van der Waals surface area contributed by atoms with E-state index in [-0.39, 0.29) is 11.4 Å². The van der Waals surface area contributed by atoms with Crippen molar-refractivity contribution >= 4 is 22.6 Å². The average molecular weight is 361 g/mol. The van der Waals surface area contributed by atoms with Gasteiger partial charge >= 0.3 is 0 Å². The van der Waals surface area contributed by atoms with E-state index in [0.29, 0.717) is 18.5 Å². The molecule has 2 N–H and O–H groups in total. The van der Waals surface area contributed by atoms with E-state index >= 15 is 0 Å². The molecule has 1 aliphatic heterocycles. The highest BCUT2D eigenvalue weighted by atomic mass is 16.3. The van der Waals surface area contributed by atoms with Crippen molar-refractivity contribution in [3.8, 4) is 0 Å². The predicted octanol–water partition coefficient (Wildman–Crippen LogP) is 3.09. The van der Waals surface area contributed by atoms with E-state index in [1.54, 1.807) is 23.4 Å². The van der Waals surface area contributed by atoms with Crippen LogP contribution in [0.2, 0.25) is 0 Å². The molecular formula is C21H19N3O3. The Morgan fingerprint density at radius 3 is 2.81 bits per heavy atom. The maximum Gasteiger partial charge on any atom is 0.290 e. The van der Waals surface area contributed by atoms with E-state index in [9.17, 15) is 14.7 Å². The fourth-order valence-electron chi connectivity index (χ4n) is 3.71. The Bertz CT molecular complexity index is 1050. The lowest BCUT2D eigenvalue weighted by molar-refractivity contribution is -0.129. The molecule has 6 nitrogen and oxygen atoms in total. The normalized spacial score (nSPS) is 17.1. The number of carbonyl (C=O) groups is 2. The van der Waals surface area contributed by atoms with Gasteiger partial charge in [0, 0.05) is 36.0 Å². The molecule has 1 unspecified atom stereocenters. The number of Topliss-reactive ketones (excluding diaryl/α,β-unsaturated/α-hetero) is 1. The zero-order valence-corrected chi connectivity index (χ0v) is 14.8. The first kappa shape index (κ1) is 17.0. The summed E-state index contributed by atoms with van der Waals surface area (Å²) in [5.41, 5.74) is 2.96. The molecule has 0 fully saturated rings. The van der Waals surface area contributed by atoms with Gasteiger partial charge in [-0.1, -0.05) is 24.3 Å². The van der Waals surface area contributed by atoms with E-state index in [1.807, 2.05) is 36.5 Å². The third-order valence-corrected chi connectivity index (χ3v) is 4.98. The van der Waals surface area contributed by atoms with Gasteiger partial charge in [-0.25, -0.2) is 0 Å². The topological polar surface area (TPSA) is 86.3 Å². The third-order valence-electron chi connectivity index (χ3n) is 4.98. The number of carbonyl (C=O) groups excluding carboxylic acids is 2. The molecule has 0 bridgehead atoms. The fourth-order valence-corrected chi connectivity index (χ4v) is 3.71. The number of amides is 1. The van der Waals surface area contributed by atoms with Crippen molar-refractivity contribution in [2.45, 2.75) is 19.4 Å². The highest BCUT2D eigenvalue weighted by Gasteiger charge is 2.42. The molecule has 1 aliphatic rings. The Hall–Kier alpha value is -3.41. The number of hydrogen-bond acceptors (Lipinski definition) is 4. The smallest absolute Gasteiger partial charge is 0.290 e. The van der Waals surface area contributed by atoms with Gasteiger partial charge in [0.1, 0.15) is 0 Å². The number of aliphatic hydroxyl groups excluding tert-OH is 1. The number of benzene rings is 1. The van der Waals surface area contributed by atoms with Crippen molar-refractivity contribution < 1.29 is 14.7 Å². The highest BCUT2D eigenvalue weighted by molar-refractivity contribution is 6.08. The van der Waals surface area contributed by atoms with Crippen LogP contribution in [0.1, 0.15) is 24.1 Å². The van der Waals surface area contributed by atoms with Gasteiger partial charge in [-0.3, -0.25) is 14.6 Å². The molecule has 0 spiro atoms. The van der Waals surface area contributed by atoms with Crippen LogP contribution in [-0.2, 0) is 16.0 Å². The summed E-state index contributed by atoms with van der Waals surface area (Å²) in [6.45, 7) is 1.74. The van der Waals surface area contributed by atoms with E-state index in [0.717, 1.165) is 16.5 Å². The SMILES string of the molecule is CC(=O)C1=C(O)C(=O)N(CCc2c[nH]c3ccccc23)C1c1cccnc1. The molecule has 27 heavy (non-hydrogen) atoms. The molecule has 136 valence electrons. The number of rotatable bonds is 5. The Morgan fingerprint density at radius 1 is 1.26 bits per heavy atom. The molecule has 0 saturated carbocycles. The first-order chi connectivity index (χ1) is 13.1. The lowest BCUT2D eigenvalue weighted by atomic mass is 9.98. The number of aromatic nitrogens is 2. The van der Waals surface area contributed by atoms with Crippen LogP contribution in [-0.4, -0.2) is 38.2 Å². The number of hydrogen-bond donors (Lipinski definition) is 2. The monoisotopic (exact) mass is 361 g/mol. The van der Waals surface area contributed by atoms with Gasteiger partial charge in [0.15, 0.2) is 11.5 Å². The number of fused-ring (bicyclic) bond motifs is 1. The highest BCUT2D eigenvalue weighted by Crippen LogP contribution is 2.37. The van der Waals surface area contributed by atoms with E-state index < -0.39 is 17.7 Å². The molecule has 0 saturated heterocycles. The fraction of sp³-hybridized carbons (Fsp3) is 0.190. The summed E-state index contributed by atoms with van der Waals surface area (Å²) >= 11 is 0. The minimum Gasteiger partial charge on any atom is -0.503 e. The quantitative estimate of drug-likeness (QED) is 0.731. The molecule has 3 aromatic rings. The van der Waals surface area contributed by atoms with Crippen LogP contribution in [0.3, 0.4) is 0 Å². The molecule has 1 atom stereocenters. The first-order valence-corrected chi connectivity index (χ1v) is 8.78. The van der Waals surface area contributed by atoms with Crippen molar-refractivity contribution in [3.05, 3.63) is 77.4 Å². The van der Waals surface area contributed by atoms with E-state index in [4.69, 9.17) is 0 Å². The Labute approximate surface area is 156 Å². The summed E-state index contributed by atoms with van der Waals surface area (Å²) in [6, 6.07) is 10.9. The zero-order valence-electron chi connectivity index (χ0n) is 14.8. The molecule has 0 radical (unpaired) electrons. The molecule has 3 heterocycles. The summed E-state index contributed by atoms with van der Waals surface area (Å²) < 4.78 is 0. The minimum atomic E-state index is -0.617. The second-order valence-electron chi connectivity index (χ2n) is 6.62. The maximum absolute atomic E-state index is 12.7. The Balaban J connectivity index is 1.66. The standard InChI is InChI=1S/C21H19N3O3/c1-13(25)18-19(15-5-4-9-22-11-15)24(21(27)20(18)26)10-8-14-12-23-17-7-3-2-6-16(14)17/h2-7,9,11-12,19,23,26H,8,10H2,1H3. The Morgan fingerprint density at radius 2 is 2.07 bits per heavy atom. The van der Waals surface area contributed by atoms with Gasteiger partial charge in [-0.15, -0.1) is 0 Å². The summed E-state index contributed by atoms with van der Waals surface area (Å²) in [7, 11) is 0. The lowest BCUT2D eigenvalue weighted by Gasteiger charge is -2.26. The molecule has 0 aliphatic carbocycles. The minimum absolute atomic E-state index is 0.131. The van der Waals surface area contributed by atoms with Crippen molar-refractivity contribution in [3.63, 3.8) is 0 Å². The van der Waals surface area contributed by atoms with Crippen LogP contribution >= 0.6 is 0 Å². The second kappa shape index (κ2) is 6.72. The zero-order chi connectivity index (χ0) is 19.0. The van der Waals surface area contributed by atoms with Crippen LogP contribution < -0.4 is 0 Å². The van der Waals surface area contributed by atoms with Crippen molar-refractivity contribution in [1.82, 2.24) is 14.9 Å². The molecule has 2 aromatic heterocycles. The van der Waals surface area contributed by atoms with E-state index in [1.165, 1.54) is 6.92 Å². The van der Waals surface area contributed by atoms with Crippen LogP contribution in [0.5, 0.6) is 0 Å². The Kier molecular flexibility index (Phi) is 4.24. The number of pyridine rings is 1. The van der Waals surface area contributed by atoms with Gasteiger partial charge in [-0.05, 0) is 36.6 Å². The van der Waals surface area contributed by atoms with Gasteiger partial charge in [0.05, 0.1) is 11.6 Å². The molecule has 6 heteroatoms. The van der Waals surface area contributed by atoms with Crippen molar-refractivity contribution in [1.29, 1.82) is 0 Å². The van der Waals surface area contributed by atoms with Crippen molar-refractivity contribution in [2.75, 3.05) is 6.54 Å². The van der Waals surface area contributed by atoms with Gasteiger partial charge < -0.3 is 15.0 Å². The summed E-state index contributed by atoms with van der Waals surface area (Å²) in [6.07, 6.45) is 5.79. The maximum atomic E-state index is 12.7. The summed E-state index contributed by atoms with van der Waals surface area (Å²) in [4.78, 5) is 33.7.